The van der Waals surface area contributed by atoms with Gasteiger partial charge in [-0.15, -0.1) is 0 Å². The zero-order chi connectivity index (χ0) is 36.9. The molecule has 0 fully saturated rings. The van der Waals surface area contributed by atoms with Crippen molar-refractivity contribution < 1.29 is 46.5 Å². The highest BCUT2D eigenvalue weighted by atomic mass is 32.2. The predicted molar refractivity (Wildman–Crippen MR) is 183 cm³/mol. The SMILES string of the molecule is CC(C)[C@H](NC(=O)[C@@H](CCCCCCCN1C(=O)C=CC1=O)CS(=O)(=O)O)C(=O)C[C@@H](C)C(=O)Nc1ccc(COC(=O)C(C)(C)C)cc1. The van der Waals surface area contributed by atoms with Crippen molar-refractivity contribution in [2.24, 2.45) is 23.2 Å². The minimum atomic E-state index is -4.49. The fourth-order valence-corrected chi connectivity index (χ4v) is 5.94. The molecule has 4 amide bonds. The van der Waals surface area contributed by atoms with Crippen LogP contribution in [0.25, 0.3) is 0 Å². The van der Waals surface area contributed by atoms with Gasteiger partial charge in [0.25, 0.3) is 21.9 Å². The minimum Gasteiger partial charge on any atom is -0.460 e. The lowest BCUT2D eigenvalue weighted by Crippen LogP contribution is -2.48. The topological polar surface area (TPSA) is 193 Å². The summed E-state index contributed by atoms with van der Waals surface area (Å²) in [4.78, 5) is 75.8. The smallest absolute Gasteiger partial charge is 0.311 e. The number of unbranched alkanes of at least 4 members (excludes halogenated alkanes) is 4. The first-order valence-electron chi connectivity index (χ1n) is 16.7. The van der Waals surface area contributed by atoms with Crippen LogP contribution in [0.3, 0.4) is 0 Å². The second kappa shape index (κ2) is 18.7. The number of anilines is 1. The van der Waals surface area contributed by atoms with E-state index in [4.69, 9.17) is 4.74 Å². The number of rotatable bonds is 20. The molecule has 1 aliphatic heterocycles. The van der Waals surface area contributed by atoms with Gasteiger partial charge in [-0.2, -0.15) is 8.42 Å². The maximum absolute atomic E-state index is 13.3. The van der Waals surface area contributed by atoms with Crippen LogP contribution in [0.15, 0.2) is 36.4 Å². The van der Waals surface area contributed by atoms with E-state index in [0.717, 1.165) is 18.4 Å². The van der Waals surface area contributed by atoms with Crippen molar-refractivity contribution in [1.82, 2.24) is 10.2 Å². The van der Waals surface area contributed by atoms with E-state index in [1.54, 1.807) is 65.8 Å². The Kier molecular flexibility index (Phi) is 15.8. The molecule has 1 aromatic carbocycles. The molecule has 0 unspecified atom stereocenters. The van der Waals surface area contributed by atoms with Gasteiger partial charge >= 0.3 is 5.97 Å². The molecule has 0 radical (unpaired) electrons. The Labute approximate surface area is 289 Å². The number of esters is 1. The zero-order valence-electron chi connectivity index (χ0n) is 29.3. The molecule has 13 nitrogen and oxygen atoms in total. The Morgan fingerprint density at radius 1 is 0.878 bits per heavy atom. The lowest BCUT2D eigenvalue weighted by Gasteiger charge is -2.25. The maximum Gasteiger partial charge on any atom is 0.311 e. The average Bonchev–Trinajstić information content (AvgIpc) is 3.32. The summed E-state index contributed by atoms with van der Waals surface area (Å²) in [6.07, 6.45) is 5.66. The number of ketones is 1. The van der Waals surface area contributed by atoms with Gasteiger partial charge in [-0.25, -0.2) is 0 Å². The molecule has 0 saturated carbocycles. The summed E-state index contributed by atoms with van der Waals surface area (Å²) in [6.45, 7) is 10.7. The number of nitrogens with zero attached hydrogens (tertiary/aromatic N) is 1. The third kappa shape index (κ3) is 14.6. The Morgan fingerprint density at radius 3 is 2.00 bits per heavy atom. The van der Waals surface area contributed by atoms with Crippen LogP contribution >= 0.6 is 0 Å². The highest BCUT2D eigenvalue weighted by Gasteiger charge is 2.31. The van der Waals surface area contributed by atoms with Crippen LogP contribution in [-0.2, 0) is 50.2 Å². The molecule has 272 valence electrons. The van der Waals surface area contributed by atoms with Crippen molar-refractivity contribution in [3.8, 4) is 0 Å². The molecule has 1 aromatic rings. The summed E-state index contributed by atoms with van der Waals surface area (Å²) in [5.74, 6) is -5.45. The molecule has 1 aliphatic rings. The number of carbonyl (C=O) groups excluding carboxylic acids is 6. The van der Waals surface area contributed by atoms with Gasteiger partial charge in [0.15, 0.2) is 5.78 Å². The maximum atomic E-state index is 13.3. The molecular formula is C35H51N3O10S. The van der Waals surface area contributed by atoms with E-state index in [-0.39, 0.29) is 43.2 Å². The van der Waals surface area contributed by atoms with Crippen molar-refractivity contribution >= 4 is 51.2 Å². The van der Waals surface area contributed by atoms with Gasteiger partial charge in [0.2, 0.25) is 11.8 Å². The van der Waals surface area contributed by atoms with Gasteiger partial charge in [0, 0.05) is 36.7 Å². The van der Waals surface area contributed by atoms with Gasteiger partial charge in [0.1, 0.15) is 6.61 Å². The van der Waals surface area contributed by atoms with Crippen molar-refractivity contribution in [2.75, 3.05) is 17.6 Å². The van der Waals surface area contributed by atoms with E-state index in [1.807, 2.05) is 0 Å². The minimum absolute atomic E-state index is 0.0912. The number of Topliss-reactive ketones (excluding diaryl/α,β-unsaturated/α-hetero) is 1. The second-order valence-electron chi connectivity index (χ2n) is 14.0. The molecule has 0 saturated heterocycles. The molecule has 0 aromatic heterocycles. The quantitative estimate of drug-likeness (QED) is 0.0766. The molecular weight excluding hydrogens is 654 g/mol. The van der Waals surface area contributed by atoms with Crippen LogP contribution in [-0.4, -0.2) is 71.6 Å². The zero-order valence-corrected chi connectivity index (χ0v) is 30.1. The van der Waals surface area contributed by atoms with E-state index in [0.29, 0.717) is 31.5 Å². The van der Waals surface area contributed by atoms with Crippen LogP contribution in [0.4, 0.5) is 5.69 Å². The van der Waals surface area contributed by atoms with Crippen LogP contribution in [0.5, 0.6) is 0 Å². The second-order valence-corrected chi connectivity index (χ2v) is 15.5. The lowest BCUT2D eigenvalue weighted by atomic mass is 9.92. The summed E-state index contributed by atoms with van der Waals surface area (Å²) in [5.41, 5.74) is 0.610. The van der Waals surface area contributed by atoms with Crippen molar-refractivity contribution in [2.45, 2.75) is 99.1 Å². The molecule has 1 heterocycles. The number of ether oxygens (including phenoxy) is 1. The largest absolute Gasteiger partial charge is 0.460 e. The van der Waals surface area contributed by atoms with Crippen LogP contribution < -0.4 is 10.6 Å². The predicted octanol–water partition coefficient (Wildman–Crippen LogP) is 4.22. The fourth-order valence-electron chi connectivity index (χ4n) is 5.11. The van der Waals surface area contributed by atoms with Crippen molar-refractivity contribution in [3.63, 3.8) is 0 Å². The Bertz CT molecular complexity index is 1460. The van der Waals surface area contributed by atoms with Crippen LogP contribution in [0.2, 0.25) is 0 Å². The van der Waals surface area contributed by atoms with Crippen molar-refractivity contribution in [1.29, 1.82) is 0 Å². The van der Waals surface area contributed by atoms with Gasteiger partial charge in [-0.1, -0.05) is 58.6 Å². The van der Waals surface area contributed by atoms with Crippen molar-refractivity contribution in [3.05, 3.63) is 42.0 Å². The molecule has 2 rings (SSSR count). The first kappa shape index (κ1) is 41.3. The first-order chi connectivity index (χ1) is 22.8. The van der Waals surface area contributed by atoms with E-state index in [1.165, 1.54) is 17.1 Å². The number of hydrogen-bond acceptors (Lipinski definition) is 9. The van der Waals surface area contributed by atoms with E-state index < -0.39 is 56.8 Å². The third-order valence-electron chi connectivity index (χ3n) is 8.09. The molecule has 49 heavy (non-hydrogen) atoms. The van der Waals surface area contributed by atoms with Gasteiger partial charge < -0.3 is 15.4 Å². The monoisotopic (exact) mass is 705 g/mol. The van der Waals surface area contributed by atoms with E-state index in [9.17, 15) is 41.7 Å². The molecule has 14 heteroatoms. The molecule has 0 bridgehead atoms. The third-order valence-corrected chi connectivity index (χ3v) is 8.91. The van der Waals surface area contributed by atoms with Gasteiger partial charge in [0.05, 0.1) is 23.1 Å². The van der Waals surface area contributed by atoms with Gasteiger partial charge in [-0.05, 0) is 57.2 Å². The van der Waals surface area contributed by atoms with Gasteiger partial charge in [-0.3, -0.25) is 38.2 Å². The Morgan fingerprint density at radius 2 is 1.45 bits per heavy atom. The van der Waals surface area contributed by atoms with Crippen LogP contribution in [0, 0.1) is 23.2 Å². The first-order valence-corrected chi connectivity index (χ1v) is 18.3. The molecule has 3 atom stereocenters. The normalized spacial score (nSPS) is 15.2. The molecule has 0 aliphatic carbocycles. The fraction of sp³-hybridized carbons (Fsp3) is 0.600. The number of benzene rings is 1. The number of carbonyl (C=O) groups is 6. The Hall–Kier alpha value is -3.91. The highest BCUT2D eigenvalue weighted by Crippen LogP contribution is 2.20. The molecule has 0 spiro atoms. The summed E-state index contributed by atoms with van der Waals surface area (Å²) in [6, 6.07) is 5.78. The standard InChI is InChI=1S/C35H51N3O10S/c1-23(2)31(28(39)20-24(3)32(42)36-27-15-13-25(14-16-27)21-48-34(44)35(4,5)6)37-33(43)26(22-49(45,46)47)12-10-8-7-9-11-19-38-29(40)17-18-30(38)41/h13-18,23-24,26,31H,7-12,19-22H2,1-6H3,(H,36,42)(H,37,43)(H,45,46,47)/t24-,26+,31+/m1/s1. The van der Waals surface area contributed by atoms with E-state index >= 15 is 0 Å². The Balaban J connectivity index is 1.88. The number of amides is 4. The van der Waals surface area contributed by atoms with E-state index in [2.05, 4.69) is 10.6 Å². The summed E-state index contributed by atoms with van der Waals surface area (Å²) in [5, 5.41) is 5.42. The summed E-state index contributed by atoms with van der Waals surface area (Å²) in [7, 11) is -4.49. The summed E-state index contributed by atoms with van der Waals surface area (Å²) >= 11 is 0. The summed E-state index contributed by atoms with van der Waals surface area (Å²) < 4.78 is 38.2. The van der Waals surface area contributed by atoms with Crippen LogP contribution in [0.1, 0.15) is 92.1 Å². The lowest BCUT2D eigenvalue weighted by molar-refractivity contribution is -0.154. The highest BCUT2D eigenvalue weighted by molar-refractivity contribution is 7.85. The number of imide groups is 1. The molecule has 3 N–H and O–H groups in total. The average molecular weight is 706 g/mol. The number of nitrogens with one attached hydrogen (secondary N) is 2. The number of hydrogen-bond donors (Lipinski definition) is 3.